The monoisotopic (exact) mass is 474 g/mol. The quantitative estimate of drug-likeness (QED) is 0.335. The van der Waals surface area contributed by atoms with Gasteiger partial charge in [-0.05, 0) is 79.7 Å². The zero-order valence-corrected chi connectivity index (χ0v) is 19.7. The van der Waals surface area contributed by atoms with E-state index in [1.807, 2.05) is 0 Å². The summed E-state index contributed by atoms with van der Waals surface area (Å²) in [6, 6.07) is 2.98. The van der Waals surface area contributed by atoms with Gasteiger partial charge >= 0.3 is 0 Å². The van der Waals surface area contributed by atoms with Gasteiger partial charge in [0, 0.05) is 16.7 Å². The molecule has 6 heteroatoms. The Morgan fingerprint density at radius 2 is 1.53 bits per heavy atom. The molecule has 5 rings (SSSR count). The van der Waals surface area contributed by atoms with Gasteiger partial charge in [0.25, 0.3) is 0 Å². The van der Waals surface area contributed by atoms with Crippen LogP contribution in [0.4, 0.5) is 17.6 Å². The minimum Gasteiger partial charge on any atom is -0.491 e. The Labute approximate surface area is 198 Å². The van der Waals surface area contributed by atoms with Crippen LogP contribution in [0.3, 0.4) is 0 Å². The van der Waals surface area contributed by atoms with Crippen molar-refractivity contribution < 1.29 is 27.0 Å². The van der Waals surface area contributed by atoms with E-state index in [-0.39, 0.29) is 29.0 Å². The number of ether oxygens (including phenoxy) is 2. The summed E-state index contributed by atoms with van der Waals surface area (Å²) in [6.07, 6.45) is 7.53. The maximum Gasteiger partial charge on any atom is 0.201 e. The first-order valence-electron chi connectivity index (χ1n) is 12.3. The predicted molar refractivity (Wildman–Crippen MR) is 123 cm³/mol. The molecule has 3 aliphatic rings. The Morgan fingerprint density at radius 3 is 2.15 bits per heavy atom. The average molecular weight is 475 g/mol. The highest BCUT2D eigenvalue weighted by molar-refractivity contribution is 5.76. The summed E-state index contributed by atoms with van der Waals surface area (Å²) in [5.41, 5.74) is 1.92. The third-order valence-corrected chi connectivity index (χ3v) is 7.72. The van der Waals surface area contributed by atoms with Crippen LogP contribution in [-0.2, 0) is 17.6 Å². The van der Waals surface area contributed by atoms with Crippen LogP contribution in [0.25, 0.3) is 11.1 Å². The van der Waals surface area contributed by atoms with Gasteiger partial charge < -0.3 is 9.47 Å². The summed E-state index contributed by atoms with van der Waals surface area (Å²) in [6.45, 7) is 4.55. The third-order valence-electron chi connectivity index (χ3n) is 7.72. The molecule has 1 aliphatic heterocycles. The number of aryl methyl sites for hydroxylation is 2. The lowest BCUT2D eigenvalue weighted by Crippen LogP contribution is -2.22. The first kappa shape index (κ1) is 23.4. The van der Waals surface area contributed by atoms with E-state index >= 15 is 8.78 Å². The number of fused-ring (bicyclic) bond motifs is 3. The van der Waals surface area contributed by atoms with E-state index in [1.54, 1.807) is 13.0 Å². The first-order valence-corrected chi connectivity index (χ1v) is 12.3. The minimum atomic E-state index is -1.20. The van der Waals surface area contributed by atoms with E-state index in [0.717, 1.165) is 18.8 Å². The highest BCUT2D eigenvalue weighted by Crippen LogP contribution is 2.44. The van der Waals surface area contributed by atoms with Crippen molar-refractivity contribution in [1.82, 2.24) is 0 Å². The molecule has 0 radical (unpaired) electrons. The van der Waals surface area contributed by atoms with Crippen molar-refractivity contribution in [2.75, 3.05) is 13.2 Å². The molecule has 1 atom stereocenters. The number of hydrogen-bond acceptors (Lipinski definition) is 2. The molecular formula is C28H30F4O2. The van der Waals surface area contributed by atoms with Crippen molar-refractivity contribution in [3.63, 3.8) is 0 Å². The molecule has 0 aromatic heterocycles. The number of rotatable bonds is 4. The topological polar surface area (TPSA) is 18.5 Å². The van der Waals surface area contributed by atoms with Gasteiger partial charge in [0.1, 0.15) is 0 Å². The molecule has 0 spiro atoms. The van der Waals surface area contributed by atoms with E-state index in [9.17, 15) is 8.78 Å². The number of hydrogen-bond donors (Lipinski definition) is 0. The Bertz CT molecular complexity index is 1130. The molecule has 2 aromatic carbocycles. The molecule has 2 nitrogen and oxygen atoms in total. The lowest BCUT2D eigenvalue weighted by Gasteiger charge is -2.32. The van der Waals surface area contributed by atoms with Gasteiger partial charge in [-0.25, -0.2) is 13.2 Å². The van der Waals surface area contributed by atoms with E-state index in [4.69, 9.17) is 9.47 Å². The fourth-order valence-electron chi connectivity index (χ4n) is 5.77. The molecule has 1 unspecified atom stereocenters. The van der Waals surface area contributed by atoms with Crippen LogP contribution in [0.1, 0.15) is 68.7 Å². The highest BCUT2D eigenvalue weighted by Gasteiger charge is 2.33. The van der Waals surface area contributed by atoms with Crippen LogP contribution < -0.4 is 4.74 Å². The second-order valence-corrected chi connectivity index (χ2v) is 9.87. The fraction of sp³-hybridized carbons (Fsp3) is 0.500. The summed E-state index contributed by atoms with van der Waals surface area (Å²) in [5.74, 6) is -3.50. The van der Waals surface area contributed by atoms with Gasteiger partial charge in [-0.3, -0.25) is 0 Å². The van der Waals surface area contributed by atoms with E-state index in [2.05, 4.69) is 13.0 Å². The van der Waals surface area contributed by atoms with Gasteiger partial charge in [0.15, 0.2) is 23.2 Å². The van der Waals surface area contributed by atoms with E-state index in [1.165, 1.54) is 24.5 Å². The lowest BCUT2D eigenvalue weighted by atomic mass is 9.78. The largest absolute Gasteiger partial charge is 0.491 e. The Morgan fingerprint density at radius 1 is 0.882 bits per heavy atom. The standard InChI is InChI=1S/C28H30F4O2/c1-3-33-22-13-18-9-8-17-12-20(25(29)27(31)23(17)24(18)28(32)26(22)30)21-11-10-19(14-34-21)16-6-4-15(2)5-7-16/h10,12-13,15-16,21H,3-9,11,14H2,1-2H3. The summed E-state index contributed by atoms with van der Waals surface area (Å²) < 4.78 is 71.4. The van der Waals surface area contributed by atoms with Crippen LogP contribution in [0.15, 0.2) is 23.8 Å². The smallest absolute Gasteiger partial charge is 0.201 e. The lowest BCUT2D eigenvalue weighted by molar-refractivity contribution is 0.0509. The van der Waals surface area contributed by atoms with Crippen molar-refractivity contribution in [3.8, 4) is 16.9 Å². The zero-order valence-electron chi connectivity index (χ0n) is 19.7. The maximum atomic E-state index is 15.4. The van der Waals surface area contributed by atoms with Gasteiger partial charge in [-0.15, -0.1) is 0 Å². The van der Waals surface area contributed by atoms with Crippen LogP contribution in [-0.4, -0.2) is 13.2 Å². The molecule has 182 valence electrons. The maximum absolute atomic E-state index is 15.4. The van der Waals surface area contributed by atoms with Crippen LogP contribution in [0.2, 0.25) is 0 Å². The molecule has 2 aliphatic carbocycles. The third kappa shape index (κ3) is 4.04. The molecule has 1 fully saturated rings. The van der Waals surface area contributed by atoms with Crippen molar-refractivity contribution in [2.24, 2.45) is 11.8 Å². The summed E-state index contributed by atoms with van der Waals surface area (Å²) in [4.78, 5) is 0. The summed E-state index contributed by atoms with van der Waals surface area (Å²) in [7, 11) is 0. The molecule has 2 aromatic rings. The molecule has 0 N–H and O–H groups in total. The average Bonchev–Trinajstić information content (AvgIpc) is 2.85. The van der Waals surface area contributed by atoms with Gasteiger partial charge in [0.05, 0.1) is 19.3 Å². The predicted octanol–water partition coefficient (Wildman–Crippen LogP) is 7.62. The van der Waals surface area contributed by atoms with Crippen LogP contribution >= 0.6 is 0 Å². The summed E-state index contributed by atoms with van der Waals surface area (Å²) >= 11 is 0. The first-order chi connectivity index (χ1) is 16.4. The molecular weight excluding hydrogens is 444 g/mol. The van der Waals surface area contributed by atoms with Gasteiger partial charge in [0.2, 0.25) is 5.82 Å². The van der Waals surface area contributed by atoms with Crippen LogP contribution in [0.5, 0.6) is 5.75 Å². The highest BCUT2D eigenvalue weighted by atomic mass is 19.2. The molecule has 0 amide bonds. The number of halogens is 4. The number of benzene rings is 2. The van der Waals surface area contributed by atoms with E-state index < -0.39 is 29.4 Å². The Kier molecular flexibility index (Phi) is 6.45. The fourth-order valence-corrected chi connectivity index (χ4v) is 5.77. The zero-order chi connectivity index (χ0) is 24.0. The molecule has 0 saturated heterocycles. The van der Waals surface area contributed by atoms with Gasteiger partial charge in [-0.1, -0.05) is 25.8 Å². The molecule has 1 saturated carbocycles. The summed E-state index contributed by atoms with van der Waals surface area (Å²) in [5, 5.41) is 0. The second kappa shape index (κ2) is 9.37. The van der Waals surface area contributed by atoms with Crippen molar-refractivity contribution in [2.45, 2.75) is 64.9 Å². The molecule has 34 heavy (non-hydrogen) atoms. The Balaban J connectivity index is 1.46. The van der Waals surface area contributed by atoms with Gasteiger partial charge in [-0.2, -0.15) is 4.39 Å². The minimum absolute atomic E-state index is 0.152. The SMILES string of the molecule is CCOc1cc2c(c(F)c1F)-c1c(cc(C3CC=C(C4CCC(C)CC4)CO3)c(F)c1F)CC2. The molecule has 1 heterocycles. The van der Waals surface area contributed by atoms with Crippen molar-refractivity contribution in [1.29, 1.82) is 0 Å². The molecule has 0 bridgehead atoms. The van der Waals surface area contributed by atoms with E-state index in [0.29, 0.717) is 42.9 Å². The van der Waals surface area contributed by atoms with Crippen molar-refractivity contribution in [3.05, 3.63) is 63.7 Å². The van der Waals surface area contributed by atoms with Crippen LogP contribution in [0, 0.1) is 35.1 Å². The Hall–Kier alpha value is -2.34. The van der Waals surface area contributed by atoms with Crippen molar-refractivity contribution >= 4 is 0 Å². The second-order valence-electron chi connectivity index (χ2n) is 9.87. The normalized spacial score (nSPS) is 24.3.